The second-order valence-electron chi connectivity index (χ2n) is 6.05. The number of thiazole rings is 1. The number of carbonyl (C=O) groups excluding carboxylic acids is 1. The summed E-state index contributed by atoms with van der Waals surface area (Å²) in [6.07, 6.45) is -0.0920. The Hall–Kier alpha value is -2.32. The predicted molar refractivity (Wildman–Crippen MR) is 115 cm³/mol. The van der Waals surface area contributed by atoms with Gasteiger partial charge in [-0.05, 0) is 45.0 Å². The van der Waals surface area contributed by atoms with E-state index in [2.05, 4.69) is 25.9 Å². The maximum Gasteiger partial charge on any atom is 0.263 e. The molecule has 2 aromatic rings. The monoisotopic (exact) mass is 423 g/mol. The summed E-state index contributed by atoms with van der Waals surface area (Å²) in [5.74, 6) is 1.33. The van der Waals surface area contributed by atoms with Gasteiger partial charge in [0.1, 0.15) is 16.7 Å². The molecule has 1 heterocycles. The Bertz CT molecular complexity index is 779. The first-order valence-electron chi connectivity index (χ1n) is 9.12. The molecule has 0 aliphatic rings. The summed E-state index contributed by atoms with van der Waals surface area (Å²) in [6.45, 7) is 8.06. The van der Waals surface area contributed by atoms with Crippen LogP contribution in [-0.4, -0.2) is 49.1 Å². The molecule has 0 saturated heterocycles. The third kappa shape index (κ3) is 7.36. The lowest BCUT2D eigenvalue weighted by Crippen LogP contribution is -2.42. The minimum atomic E-state index is -0.103. The number of rotatable bonds is 9. The van der Waals surface area contributed by atoms with Gasteiger partial charge < -0.3 is 20.7 Å². The fraction of sp³-hybridized carbons (Fsp3) is 0.421. The maximum absolute atomic E-state index is 12.1. The summed E-state index contributed by atoms with van der Waals surface area (Å²) in [7, 11) is 0. The van der Waals surface area contributed by atoms with Crippen LogP contribution >= 0.6 is 22.9 Å². The van der Waals surface area contributed by atoms with Crippen molar-refractivity contribution in [2.24, 2.45) is 4.99 Å². The van der Waals surface area contributed by atoms with Gasteiger partial charge in [0, 0.05) is 24.7 Å². The Kier molecular flexibility index (Phi) is 9.03. The summed E-state index contributed by atoms with van der Waals surface area (Å²) in [5.41, 5.74) is 2.42. The molecular weight excluding hydrogens is 398 g/mol. The summed E-state index contributed by atoms with van der Waals surface area (Å²) in [4.78, 5) is 21.3. The van der Waals surface area contributed by atoms with Crippen molar-refractivity contribution in [1.82, 2.24) is 20.9 Å². The number of ether oxygens (including phenoxy) is 1. The van der Waals surface area contributed by atoms with Gasteiger partial charge in [-0.1, -0.05) is 11.6 Å². The highest BCUT2D eigenvalue weighted by molar-refractivity contribution is 7.11. The normalized spacial score (nSPS) is 12.4. The highest BCUT2D eigenvalue weighted by atomic mass is 35.5. The molecular formula is C19H26ClN5O2S. The van der Waals surface area contributed by atoms with Crippen LogP contribution in [0.3, 0.4) is 0 Å². The average Bonchev–Trinajstić information content (AvgIpc) is 3.11. The Morgan fingerprint density at radius 2 is 1.96 bits per heavy atom. The third-order valence-electron chi connectivity index (χ3n) is 3.66. The first-order valence-corrected chi connectivity index (χ1v) is 10.4. The predicted octanol–water partition coefficient (Wildman–Crippen LogP) is 2.86. The molecule has 0 aliphatic carbocycles. The molecule has 0 bridgehead atoms. The summed E-state index contributed by atoms with van der Waals surface area (Å²) < 4.78 is 5.82. The minimum absolute atomic E-state index is 0.0920. The molecule has 1 unspecified atom stereocenters. The smallest absolute Gasteiger partial charge is 0.263 e. The van der Waals surface area contributed by atoms with Crippen LogP contribution < -0.4 is 20.7 Å². The fourth-order valence-electron chi connectivity index (χ4n) is 2.30. The number of hydrogen-bond acceptors (Lipinski definition) is 5. The second kappa shape index (κ2) is 11.5. The van der Waals surface area contributed by atoms with Crippen LogP contribution in [0.2, 0.25) is 5.02 Å². The topological polar surface area (TPSA) is 87.6 Å². The van der Waals surface area contributed by atoms with E-state index < -0.39 is 0 Å². The highest BCUT2D eigenvalue weighted by Crippen LogP contribution is 2.16. The van der Waals surface area contributed by atoms with Crippen LogP contribution in [0.4, 0.5) is 0 Å². The van der Waals surface area contributed by atoms with Gasteiger partial charge in [-0.25, -0.2) is 9.98 Å². The first kappa shape index (κ1) is 22.0. The van der Waals surface area contributed by atoms with Crippen molar-refractivity contribution >= 4 is 34.8 Å². The molecule has 9 heteroatoms. The number of carbonyl (C=O) groups is 1. The lowest BCUT2D eigenvalue weighted by molar-refractivity contribution is 0.0957. The van der Waals surface area contributed by atoms with Gasteiger partial charge in [-0.2, -0.15) is 0 Å². The Balaban J connectivity index is 1.75. The van der Waals surface area contributed by atoms with Gasteiger partial charge in [0.25, 0.3) is 5.91 Å². The zero-order valence-electron chi connectivity index (χ0n) is 16.3. The summed E-state index contributed by atoms with van der Waals surface area (Å²) >= 11 is 7.22. The molecule has 0 saturated carbocycles. The van der Waals surface area contributed by atoms with Crippen LogP contribution in [0.5, 0.6) is 5.75 Å². The molecule has 28 heavy (non-hydrogen) atoms. The van der Waals surface area contributed by atoms with Crippen LogP contribution in [0, 0.1) is 6.92 Å². The molecule has 1 amide bonds. The van der Waals surface area contributed by atoms with Gasteiger partial charge in [0.05, 0.1) is 17.7 Å². The van der Waals surface area contributed by atoms with Crippen LogP contribution in [-0.2, 0) is 0 Å². The number of amides is 1. The van der Waals surface area contributed by atoms with Gasteiger partial charge in [0.2, 0.25) is 0 Å². The number of aryl methyl sites for hydroxylation is 1. The van der Waals surface area contributed by atoms with Crippen molar-refractivity contribution in [3.63, 3.8) is 0 Å². The number of nitrogens with one attached hydrogen (secondary N) is 3. The van der Waals surface area contributed by atoms with Crippen molar-refractivity contribution in [2.45, 2.75) is 26.9 Å². The van der Waals surface area contributed by atoms with Gasteiger partial charge >= 0.3 is 0 Å². The van der Waals surface area contributed by atoms with E-state index in [-0.39, 0.29) is 12.0 Å². The number of hydrogen-bond donors (Lipinski definition) is 3. The minimum Gasteiger partial charge on any atom is -0.489 e. The van der Waals surface area contributed by atoms with E-state index in [0.29, 0.717) is 35.5 Å². The molecule has 0 fully saturated rings. The Labute approximate surface area is 174 Å². The van der Waals surface area contributed by atoms with E-state index in [1.807, 2.05) is 32.9 Å². The summed E-state index contributed by atoms with van der Waals surface area (Å²) in [5, 5.41) is 9.93. The molecule has 1 aromatic heterocycles. The third-order valence-corrected chi connectivity index (χ3v) is 4.84. The Morgan fingerprint density at radius 1 is 1.25 bits per heavy atom. The molecule has 152 valence electrons. The molecule has 0 spiro atoms. The molecule has 2 rings (SSSR count). The van der Waals surface area contributed by atoms with Crippen LogP contribution in [0.15, 0.2) is 34.8 Å². The van der Waals surface area contributed by atoms with E-state index >= 15 is 0 Å². The fourth-order valence-corrected chi connectivity index (χ4v) is 3.15. The molecule has 1 atom stereocenters. The van der Waals surface area contributed by atoms with Crippen LogP contribution in [0.1, 0.15) is 29.2 Å². The molecule has 0 aliphatic heterocycles. The van der Waals surface area contributed by atoms with Gasteiger partial charge in [-0.3, -0.25) is 4.79 Å². The molecule has 3 N–H and O–H groups in total. The largest absolute Gasteiger partial charge is 0.489 e. The Morgan fingerprint density at radius 3 is 2.61 bits per heavy atom. The zero-order chi connectivity index (χ0) is 20.4. The number of halogens is 1. The molecule has 7 nitrogen and oxygen atoms in total. The van der Waals surface area contributed by atoms with E-state index in [0.717, 1.165) is 18.0 Å². The standard InChI is InChI=1S/C19H26ClN5O2S/c1-4-21-19(23-10-9-22-18(26)17-14(3)25-12-28-17)24-11-13(2)27-16-7-5-15(20)6-8-16/h5-8,12-13H,4,9-11H2,1-3H3,(H,22,26)(H2,21,23,24). The lowest BCUT2D eigenvalue weighted by Gasteiger charge is -2.15. The molecule has 0 radical (unpaired) electrons. The van der Waals surface area contributed by atoms with Crippen LogP contribution in [0.25, 0.3) is 0 Å². The first-order chi connectivity index (χ1) is 13.5. The SMILES string of the molecule is CCNC(=NCC(C)Oc1ccc(Cl)cc1)NCCNC(=O)c1scnc1C. The summed E-state index contributed by atoms with van der Waals surface area (Å²) in [6, 6.07) is 7.25. The van der Waals surface area contributed by atoms with Crippen molar-refractivity contribution in [3.8, 4) is 5.75 Å². The lowest BCUT2D eigenvalue weighted by atomic mass is 10.3. The van der Waals surface area contributed by atoms with E-state index in [9.17, 15) is 4.79 Å². The highest BCUT2D eigenvalue weighted by Gasteiger charge is 2.10. The average molecular weight is 424 g/mol. The van der Waals surface area contributed by atoms with Gasteiger partial charge in [-0.15, -0.1) is 11.3 Å². The van der Waals surface area contributed by atoms with E-state index in [4.69, 9.17) is 16.3 Å². The number of nitrogens with zero attached hydrogens (tertiary/aromatic N) is 2. The molecule has 1 aromatic carbocycles. The number of aliphatic imine (C=N–C) groups is 1. The zero-order valence-corrected chi connectivity index (χ0v) is 17.9. The number of guanidine groups is 1. The quantitative estimate of drug-likeness (QED) is 0.328. The number of benzene rings is 1. The second-order valence-corrected chi connectivity index (χ2v) is 7.34. The van der Waals surface area contributed by atoms with Crippen molar-refractivity contribution in [2.75, 3.05) is 26.2 Å². The van der Waals surface area contributed by atoms with E-state index in [1.165, 1.54) is 11.3 Å². The van der Waals surface area contributed by atoms with E-state index in [1.54, 1.807) is 17.6 Å². The van der Waals surface area contributed by atoms with Gasteiger partial charge in [0.15, 0.2) is 5.96 Å². The number of aromatic nitrogens is 1. The maximum atomic E-state index is 12.1. The van der Waals surface area contributed by atoms with Crippen molar-refractivity contribution in [1.29, 1.82) is 0 Å². The van der Waals surface area contributed by atoms with Crippen molar-refractivity contribution < 1.29 is 9.53 Å². The van der Waals surface area contributed by atoms with Crippen molar-refractivity contribution in [3.05, 3.63) is 45.4 Å².